The summed E-state index contributed by atoms with van der Waals surface area (Å²) in [6, 6.07) is 18.0. The number of carboxylic acids is 1. The molecular formula is C18H13N4O2S-. The van der Waals surface area contributed by atoms with Gasteiger partial charge in [-0.15, -0.1) is 10.2 Å². The van der Waals surface area contributed by atoms with E-state index < -0.39 is 5.97 Å². The van der Waals surface area contributed by atoms with Gasteiger partial charge in [-0.3, -0.25) is 0 Å². The predicted molar refractivity (Wildman–Crippen MR) is 94.1 cm³/mol. The van der Waals surface area contributed by atoms with Crippen LogP contribution in [0.15, 0.2) is 59.8 Å². The van der Waals surface area contributed by atoms with Gasteiger partial charge in [-0.2, -0.15) is 0 Å². The zero-order valence-corrected chi connectivity index (χ0v) is 13.9. The van der Waals surface area contributed by atoms with E-state index >= 15 is 0 Å². The maximum atomic E-state index is 10.7. The lowest BCUT2D eigenvalue weighted by molar-refractivity contribution is -0.301. The molecule has 6 nitrogen and oxygen atoms in total. The molecule has 124 valence electrons. The van der Waals surface area contributed by atoms with Crippen LogP contribution in [0.25, 0.3) is 22.1 Å². The third-order valence-electron chi connectivity index (χ3n) is 3.86. The van der Waals surface area contributed by atoms with Crippen LogP contribution in [0.4, 0.5) is 0 Å². The third kappa shape index (κ3) is 3.06. The van der Waals surface area contributed by atoms with Gasteiger partial charge in [0.1, 0.15) is 5.52 Å². The number of nitrogens with zero attached hydrogens (tertiary/aromatic N) is 4. The first kappa shape index (κ1) is 15.6. The van der Waals surface area contributed by atoms with Crippen LogP contribution in [0.2, 0.25) is 0 Å². The van der Waals surface area contributed by atoms with E-state index in [1.807, 2.05) is 42.5 Å². The Morgan fingerprint density at radius 3 is 2.60 bits per heavy atom. The van der Waals surface area contributed by atoms with Gasteiger partial charge in [0.05, 0.1) is 11.5 Å². The second-order valence-electron chi connectivity index (χ2n) is 5.52. The molecule has 25 heavy (non-hydrogen) atoms. The molecular weight excluding hydrogens is 336 g/mol. The highest BCUT2D eigenvalue weighted by molar-refractivity contribution is 7.99. The molecule has 4 aromatic rings. The van der Waals surface area contributed by atoms with Crippen molar-refractivity contribution in [1.29, 1.82) is 0 Å². The van der Waals surface area contributed by atoms with Crippen LogP contribution in [-0.4, -0.2) is 31.5 Å². The Hall–Kier alpha value is -2.93. The second-order valence-corrected chi connectivity index (χ2v) is 6.46. The fourth-order valence-corrected chi connectivity index (χ4v) is 3.30. The number of rotatable bonds is 5. The van der Waals surface area contributed by atoms with Crippen molar-refractivity contribution in [3.63, 3.8) is 0 Å². The molecule has 0 saturated heterocycles. The summed E-state index contributed by atoms with van der Waals surface area (Å²) in [6.07, 6.45) is 0. The quantitative estimate of drug-likeness (QED) is 0.512. The minimum atomic E-state index is -1.15. The SMILES string of the molecule is O=C([O-])CSc1nnc2c3ccccc3n(Cc3ccccc3)c2n1. The molecule has 0 bridgehead atoms. The Kier molecular flexibility index (Phi) is 4.07. The number of carbonyl (C=O) groups excluding carboxylic acids is 1. The number of aromatic nitrogens is 4. The molecule has 2 heterocycles. The minimum Gasteiger partial charge on any atom is -0.549 e. The van der Waals surface area contributed by atoms with E-state index in [9.17, 15) is 9.90 Å². The highest BCUT2D eigenvalue weighted by Crippen LogP contribution is 2.27. The number of hydrogen-bond acceptors (Lipinski definition) is 6. The van der Waals surface area contributed by atoms with Gasteiger partial charge in [0.2, 0.25) is 5.16 Å². The van der Waals surface area contributed by atoms with Crippen LogP contribution in [0.3, 0.4) is 0 Å². The highest BCUT2D eigenvalue weighted by atomic mass is 32.2. The monoisotopic (exact) mass is 349 g/mol. The zero-order chi connectivity index (χ0) is 17.2. The fraction of sp³-hybridized carbons (Fsp3) is 0.111. The molecule has 0 aliphatic rings. The zero-order valence-electron chi connectivity index (χ0n) is 13.1. The summed E-state index contributed by atoms with van der Waals surface area (Å²) in [7, 11) is 0. The number of fused-ring (bicyclic) bond motifs is 3. The first-order valence-corrected chi connectivity index (χ1v) is 8.69. The van der Waals surface area contributed by atoms with Crippen molar-refractivity contribution in [2.45, 2.75) is 11.7 Å². The van der Waals surface area contributed by atoms with Crippen molar-refractivity contribution in [3.8, 4) is 0 Å². The van der Waals surface area contributed by atoms with E-state index in [1.165, 1.54) is 0 Å². The molecule has 0 aliphatic heterocycles. The molecule has 0 spiro atoms. The van der Waals surface area contributed by atoms with Crippen LogP contribution in [0.1, 0.15) is 5.56 Å². The van der Waals surface area contributed by atoms with E-state index in [0.29, 0.717) is 22.9 Å². The van der Waals surface area contributed by atoms with Gasteiger partial charge in [-0.25, -0.2) is 4.98 Å². The first-order valence-electron chi connectivity index (χ1n) is 7.70. The van der Waals surface area contributed by atoms with Crippen molar-refractivity contribution in [2.24, 2.45) is 0 Å². The lowest BCUT2D eigenvalue weighted by Gasteiger charge is -2.07. The smallest absolute Gasteiger partial charge is 0.211 e. The maximum Gasteiger partial charge on any atom is 0.211 e. The maximum absolute atomic E-state index is 10.7. The topological polar surface area (TPSA) is 83.7 Å². The number of hydrogen-bond donors (Lipinski definition) is 0. The van der Waals surface area contributed by atoms with Crippen molar-refractivity contribution < 1.29 is 9.90 Å². The Balaban J connectivity index is 1.87. The van der Waals surface area contributed by atoms with E-state index in [4.69, 9.17) is 0 Å². The molecule has 0 amide bonds. The third-order valence-corrected chi connectivity index (χ3v) is 4.67. The highest BCUT2D eigenvalue weighted by Gasteiger charge is 2.15. The van der Waals surface area contributed by atoms with Gasteiger partial charge < -0.3 is 14.5 Å². The van der Waals surface area contributed by atoms with E-state index in [-0.39, 0.29) is 5.75 Å². The molecule has 0 N–H and O–H groups in total. The van der Waals surface area contributed by atoms with E-state index in [2.05, 4.69) is 31.9 Å². The first-order chi connectivity index (χ1) is 12.2. The number of thioether (sulfide) groups is 1. The van der Waals surface area contributed by atoms with E-state index in [1.54, 1.807) is 0 Å². The Bertz CT molecular complexity index is 1060. The van der Waals surface area contributed by atoms with Gasteiger partial charge in [-0.1, -0.05) is 60.3 Å². The standard InChI is InChI=1S/C18H14N4O2S/c23-15(24)11-25-18-19-17-16(20-21-18)13-8-4-5-9-14(13)22(17)10-12-6-2-1-3-7-12/h1-9H,10-11H2,(H,23,24)/p-1. The minimum absolute atomic E-state index is 0.202. The van der Waals surface area contributed by atoms with Gasteiger partial charge in [0, 0.05) is 17.7 Å². The van der Waals surface area contributed by atoms with Crippen LogP contribution >= 0.6 is 11.8 Å². The Morgan fingerprint density at radius 2 is 1.80 bits per heavy atom. The largest absolute Gasteiger partial charge is 0.549 e. The van der Waals surface area contributed by atoms with Gasteiger partial charge in [0.25, 0.3) is 0 Å². The molecule has 0 radical (unpaired) electrons. The van der Waals surface area contributed by atoms with Crippen molar-refractivity contribution in [1.82, 2.24) is 19.7 Å². The van der Waals surface area contributed by atoms with Crippen LogP contribution in [0.5, 0.6) is 0 Å². The summed E-state index contributed by atoms with van der Waals surface area (Å²) in [5, 5.41) is 20.3. The lowest BCUT2D eigenvalue weighted by atomic mass is 10.2. The van der Waals surface area contributed by atoms with Gasteiger partial charge >= 0.3 is 0 Å². The number of benzene rings is 2. The van der Waals surface area contributed by atoms with Crippen molar-refractivity contribution in [2.75, 3.05) is 5.75 Å². The normalized spacial score (nSPS) is 11.2. The number of aliphatic carboxylic acids is 1. The second kappa shape index (κ2) is 6.52. The molecule has 0 atom stereocenters. The van der Waals surface area contributed by atoms with Crippen molar-refractivity contribution >= 4 is 39.8 Å². The average molecular weight is 349 g/mol. The molecule has 7 heteroatoms. The Labute approximate surface area is 147 Å². The molecule has 0 aliphatic carbocycles. The summed E-state index contributed by atoms with van der Waals surface area (Å²) in [5.41, 5.74) is 3.57. The summed E-state index contributed by atoms with van der Waals surface area (Å²) >= 11 is 1.01. The van der Waals surface area contributed by atoms with Crippen LogP contribution in [0, 0.1) is 0 Å². The van der Waals surface area contributed by atoms with Crippen LogP contribution in [-0.2, 0) is 11.3 Å². The molecule has 2 aromatic heterocycles. The Morgan fingerprint density at radius 1 is 1.04 bits per heavy atom. The lowest BCUT2D eigenvalue weighted by Crippen LogP contribution is -2.24. The number of carbonyl (C=O) groups is 1. The number of para-hydroxylation sites is 1. The van der Waals surface area contributed by atoms with Gasteiger partial charge in [0.15, 0.2) is 5.65 Å². The molecule has 0 unspecified atom stereocenters. The van der Waals surface area contributed by atoms with Gasteiger partial charge in [-0.05, 0) is 11.6 Å². The summed E-state index contributed by atoms with van der Waals surface area (Å²) < 4.78 is 2.08. The molecule has 2 aromatic carbocycles. The fourth-order valence-electron chi connectivity index (χ4n) is 2.80. The van der Waals surface area contributed by atoms with E-state index in [0.717, 1.165) is 28.2 Å². The molecule has 0 saturated carbocycles. The van der Waals surface area contributed by atoms with Crippen LogP contribution < -0.4 is 5.11 Å². The average Bonchev–Trinajstić information content (AvgIpc) is 2.94. The summed E-state index contributed by atoms with van der Waals surface area (Å²) in [6.45, 7) is 0.647. The van der Waals surface area contributed by atoms with Crippen molar-refractivity contribution in [3.05, 3.63) is 60.2 Å². The molecule has 0 fully saturated rings. The summed E-state index contributed by atoms with van der Waals surface area (Å²) in [4.78, 5) is 15.2. The molecule has 4 rings (SSSR count). The predicted octanol–water partition coefficient (Wildman–Crippen LogP) is 1.87. The summed E-state index contributed by atoms with van der Waals surface area (Å²) in [5.74, 6) is -1.36. The number of carboxylic acid groups (broad SMARTS) is 1.